The molecule has 60 heavy (non-hydrogen) atoms. The molecule has 0 atom stereocenters. The van der Waals surface area contributed by atoms with Crippen LogP contribution in [0.4, 0.5) is 5.69 Å². The average molecular weight is 790 g/mol. The molecule has 8 rings (SSSR count). The van der Waals surface area contributed by atoms with Gasteiger partial charge in [-0.1, -0.05) is 138 Å². The molecule has 3 aromatic carbocycles. The first-order valence-corrected chi connectivity index (χ1v) is 21.3. The van der Waals surface area contributed by atoms with Crippen LogP contribution < -0.4 is 0 Å². The highest BCUT2D eigenvalue weighted by Gasteiger charge is 2.25. The predicted molar refractivity (Wildman–Crippen MR) is 258 cm³/mol. The van der Waals surface area contributed by atoms with Crippen molar-refractivity contribution in [3.05, 3.63) is 148 Å². The van der Waals surface area contributed by atoms with Gasteiger partial charge < -0.3 is 9.97 Å². The second kappa shape index (κ2) is 14.9. The highest BCUT2D eigenvalue weighted by Crippen LogP contribution is 2.40. The fourth-order valence-electron chi connectivity index (χ4n) is 7.83. The quantitative estimate of drug-likeness (QED) is 0.174. The average Bonchev–Trinajstić information content (AvgIpc) is 4.01. The van der Waals surface area contributed by atoms with E-state index in [1.165, 1.54) is 22.3 Å². The zero-order valence-corrected chi connectivity index (χ0v) is 37.5. The minimum Gasteiger partial charge on any atom is -0.355 e. The van der Waals surface area contributed by atoms with Gasteiger partial charge in [-0.05, 0) is 122 Å². The predicted octanol–water partition coefficient (Wildman–Crippen LogP) is 14.9. The van der Waals surface area contributed by atoms with E-state index in [1.54, 1.807) is 0 Å². The number of aromatic nitrogens is 4. The number of nitrogens with one attached hydrogen (secondary N) is 2. The Bertz CT molecular complexity index is 2650. The van der Waals surface area contributed by atoms with Crippen LogP contribution in [0.3, 0.4) is 0 Å². The summed E-state index contributed by atoms with van der Waals surface area (Å²) in [7, 11) is 0. The zero-order chi connectivity index (χ0) is 42.8. The summed E-state index contributed by atoms with van der Waals surface area (Å²) in [6, 6.07) is 35.1. The molecule has 0 radical (unpaired) electrons. The lowest BCUT2D eigenvalue weighted by Gasteiger charge is -2.26. The fourth-order valence-corrected chi connectivity index (χ4v) is 7.83. The van der Waals surface area contributed by atoms with E-state index in [0.29, 0.717) is 0 Å². The number of benzene rings is 3. The molecule has 6 aromatic rings. The molecule has 0 fully saturated rings. The number of hydrogen-bond donors (Lipinski definition) is 2. The summed E-state index contributed by atoms with van der Waals surface area (Å²) < 4.78 is 0. The Morgan fingerprint density at radius 1 is 0.433 bits per heavy atom. The van der Waals surface area contributed by atoms with Gasteiger partial charge in [-0.15, -0.1) is 0 Å². The minimum atomic E-state index is -0.0479. The van der Waals surface area contributed by atoms with E-state index in [1.807, 2.05) is 36.5 Å². The Kier molecular flexibility index (Phi) is 10.1. The Balaban J connectivity index is 1.50. The van der Waals surface area contributed by atoms with Gasteiger partial charge in [0.1, 0.15) is 0 Å². The Morgan fingerprint density at radius 2 is 0.817 bits per heavy atom. The number of rotatable bonds is 4. The molecular weight excluding hydrogens is 731 g/mol. The lowest BCUT2D eigenvalue weighted by atomic mass is 9.78. The molecule has 5 nitrogen and oxygen atoms in total. The SMILES string of the molecule is CC(C)(C)c1cc(-c2c3nc(c(C=Nc4ccccc4)c4nc(c(-c5cc(C(C)(C)C)cc(C(C)(C)C)c5)c5ccc(cc6ccc2[nH]6)[nH]5)C=C4)C=C3)cc(C(C)(C)C)c1. The monoisotopic (exact) mass is 789 g/mol. The second-order valence-electron chi connectivity index (χ2n) is 20.6. The van der Waals surface area contributed by atoms with E-state index in [4.69, 9.17) is 15.0 Å². The van der Waals surface area contributed by atoms with Crippen molar-refractivity contribution in [3.8, 4) is 22.3 Å². The molecule has 304 valence electrons. The Labute approximate surface area is 356 Å². The van der Waals surface area contributed by atoms with Crippen molar-refractivity contribution in [3.63, 3.8) is 0 Å². The molecule has 5 heterocycles. The number of nitrogens with zero attached hydrogens (tertiary/aromatic N) is 3. The van der Waals surface area contributed by atoms with Gasteiger partial charge in [0.2, 0.25) is 0 Å². The van der Waals surface area contributed by atoms with Crippen LogP contribution in [0, 0.1) is 0 Å². The molecule has 0 unspecified atom stereocenters. The first-order chi connectivity index (χ1) is 28.2. The summed E-state index contributed by atoms with van der Waals surface area (Å²) >= 11 is 0. The molecule has 0 spiro atoms. The van der Waals surface area contributed by atoms with Crippen molar-refractivity contribution in [2.75, 3.05) is 0 Å². The summed E-state index contributed by atoms with van der Waals surface area (Å²) in [6.07, 6.45) is 10.5. The second-order valence-corrected chi connectivity index (χ2v) is 20.6. The van der Waals surface area contributed by atoms with Crippen LogP contribution in [0.2, 0.25) is 0 Å². The highest BCUT2D eigenvalue weighted by atomic mass is 14.8. The van der Waals surface area contributed by atoms with Crippen LogP contribution in [0.5, 0.6) is 0 Å². The number of fused-ring (bicyclic) bond motifs is 8. The van der Waals surface area contributed by atoms with Crippen LogP contribution in [-0.4, -0.2) is 26.2 Å². The molecule has 0 aliphatic carbocycles. The third kappa shape index (κ3) is 8.36. The molecule has 8 bridgehead atoms. The molecule has 0 saturated carbocycles. The normalized spacial score (nSPS) is 13.5. The van der Waals surface area contributed by atoms with Crippen LogP contribution >= 0.6 is 0 Å². The first kappa shape index (κ1) is 40.7. The van der Waals surface area contributed by atoms with E-state index in [2.05, 4.69) is 184 Å². The fraction of sp³-hybridized carbons (Fsp3) is 0.291. The van der Waals surface area contributed by atoms with Crippen molar-refractivity contribution in [2.24, 2.45) is 4.99 Å². The van der Waals surface area contributed by atoms with Gasteiger partial charge in [0.15, 0.2) is 0 Å². The molecule has 2 aliphatic heterocycles. The third-order valence-corrected chi connectivity index (χ3v) is 11.6. The van der Waals surface area contributed by atoms with Gasteiger partial charge in [-0.2, -0.15) is 0 Å². The highest BCUT2D eigenvalue weighted by molar-refractivity contribution is 5.99. The smallest absolute Gasteiger partial charge is 0.0747 e. The summed E-state index contributed by atoms with van der Waals surface area (Å²) in [5.74, 6) is 0. The van der Waals surface area contributed by atoms with Crippen LogP contribution in [0.1, 0.15) is 134 Å². The molecule has 0 saturated heterocycles. The maximum absolute atomic E-state index is 5.46. The Hall–Kier alpha value is -6.07. The van der Waals surface area contributed by atoms with Crippen molar-refractivity contribution in [1.29, 1.82) is 0 Å². The summed E-state index contributed by atoms with van der Waals surface area (Å²) in [4.78, 5) is 23.5. The van der Waals surface area contributed by atoms with E-state index < -0.39 is 0 Å². The summed E-state index contributed by atoms with van der Waals surface area (Å²) in [6.45, 7) is 27.4. The summed E-state index contributed by atoms with van der Waals surface area (Å²) in [5, 5.41) is 0. The largest absolute Gasteiger partial charge is 0.355 e. The van der Waals surface area contributed by atoms with Gasteiger partial charge in [0.05, 0.1) is 28.5 Å². The van der Waals surface area contributed by atoms with E-state index >= 15 is 0 Å². The summed E-state index contributed by atoms with van der Waals surface area (Å²) in [5.41, 5.74) is 18.5. The van der Waals surface area contributed by atoms with E-state index in [9.17, 15) is 0 Å². The van der Waals surface area contributed by atoms with Crippen molar-refractivity contribution in [1.82, 2.24) is 19.9 Å². The van der Waals surface area contributed by atoms with Crippen LogP contribution in [-0.2, 0) is 21.7 Å². The third-order valence-electron chi connectivity index (χ3n) is 11.6. The lowest BCUT2D eigenvalue weighted by Crippen LogP contribution is -2.16. The number of H-pyrrole nitrogens is 2. The number of aromatic amines is 2. The van der Waals surface area contributed by atoms with Crippen LogP contribution in [0.15, 0.2) is 102 Å². The lowest BCUT2D eigenvalue weighted by molar-refractivity contribution is 0.568. The Morgan fingerprint density at radius 3 is 1.20 bits per heavy atom. The number of para-hydroxylation sites is 1. The minimum absolute atomic E-state index is 0.0479. The number of hydrogen-bond acceptors (Lipinski definition) is 3. The number of aliphatic imine (C=N–C) groups is 1. The van der Waals surface area contributed by atoms with Gasteiger partial charge in [0.25, 0.3) is 0 Å². The molecule has 2 N–H and O–H groups in total. The van der Waals surface area contributed by atoms with E-state index in [0.717, 1.165) is 78.3 Å². The molecular formula is C55H59N5. The van der Waals surface area contributed by atoms with Crippen molar-refractivity contribution < 1.29 is 0 Å². The molecule has 3 aromatic heterocycles. The maximum atomic E-state index is 5.46. The van der Waals surface area contributed by atoms with Crippen molar-refractivity contribution >= 4 is 58.3 Å². The molecule has 2 aliphatic rings. The molecule has 0 amide bonds. The maximum Gasteiger partial charge on any atom is 0.0747 e. The first-order valence-electron chi connectivity index (χ1n) is 21.3. The van der Waals surface area contributed by atoms with Crippen molar-refractivity contribution in [2.45, 2.75) is 105 Å². The topological polar surface area (TPSA) is 69.7 Å². The van der Waals surface area contributed by atoms with Gasteiger partial charge in [-0.3, -0.25) is 4.99 Å². The van der Waals surface area contributed by atoms with Gasteiger partial charge in [0, 0.05) is 45.0 Å². The molecule has 5 heteroatoms. The standard InChI is InChI=1S/C55H59N5/c1-52(2,3)36-26-34(27-37(30-36)53(4,5)6)50-46-20-18-41(57-46)32-42-19-21-47(58-42)51(35-28-38(54(7,8)9)31-39(29-35)55(10,11)12)49-25-23-45(60-49)43(44-22-24-48(50)59-44)33-56-40-16-14-13-15-17-40/h13-33,57-58H,1-12H3. The van der Waals surface area contributed by atoms with E-state index in [-0.39, 0.29) is 21.7 Å². The zero-order valence-electron chi connectivity index (χ0n) is 37.5. The van der Waals surface area contributed by atoms with Gasteiger partial charge in [-0.25, -0.2) is 9.97 Å². The van der Waals surface area contributed by atoms with Gasteiger partial charge >= 0.3 is 0 Å². The van der Waals surface area contributed by atoms with Crippen LogP contribution in [0.25, 0.3) is 68.6 Å².